The second kappa shape index (κ2) is 39.6. The summed E-state index contributed by atoms with van der Waals surface area (Å²) in [5, 5.41) is 1.24. The van der Waals surface area contributed by atoms with Crippen molar-refractivity contribution in [2.75, 3.05) is 26.8 Å². The molecular weight excluding hydrogens is 1000 g/mol. The summed E-state index contributed by atoms with van der Waals surface area (Å²) in [6.07, 6.45) is 46.7. The van der Waals surface area contributed by atoms with Gasteiger partial charge in [0.2, 0.25) is 0 Å². The molecule has 0 fully saturated rings. The average Bonchev–Trinajstić information content (AvgIpc) is 3.67. The number of fused-ring (bicyclic) bond motifs is 2. The van der Waals surface area contributed by atoms with Crippen LogP contribution in [0.25, 0.3) is 16.5 Å². The molecule has 2 aromatic rings. The van der Waals surface area contributed by atoms with Gasteiger partial charge in [-0.1, -0.05) is 179 Å². The molecule has 1 aliphatic carbocycles. The lowest BCUT2D eigenvalue weighted by Crippen LogP contribution is -2.39. The molecule has 2 atom stereocenters. The van der Waals surface area contributed by atoms with Crippen LogP contribution in [0.2, 0.25) is 0 Å². The lowest BCUT2D eigenvalue weighted by Gasteiger charge is -2.37. The number of hydrogen-bond donors (Lipinski definition) is 0. The highest BCUT2D eigenvalue weighted by molar-refractivity contribution is 9.10. The zero-order valence-electron chi connectivity index (χ0n) is 47.5. The van der Waals surface area contributed by atoms with Crippen molar-refractivity contribution in [2.45, 2.75) is 264 Å². The molecule has 2 aliphatic rings. The lowest BCUT2D eigenvalue weighted by molar-refractivity contribution is -0.167. The van der Waals surface area contributed by atoms with Crippen LogP contribution in [0.4, 0.5) is 0 Å². The highest BCUT2D eigenvalue weighted by Crippen LogP contribution is 2.44. The Morgan fingerprint density at radius 2 is 1.11 bits per heavy atom. The van der Waals surface area contributed by atoms with Crippen molar-refractivity contribution in [1.29, 1.82) is 0 Å². The minimum absolute atomic E-state index is 0.00340. The van der Waals surface area contributed by atoms with Crippen LogP contribution < -0.4 is 0 Å². The van der Waals surface area contributed by atoms with Crippen LogP contribution in [-0.2, 0) is 51.3 Å². The highest BCUT2D eigenvalue weighted by Gasteiger charge is 2.33. The summed E-state index contributed by atoms with van der Waals surface area (Å²) in [6, 6.07) is 6.75. The summed E-state index contributed by atoms with van der Waals surface area (Å²) in [6.45, 7) is 7.39. The third-order valence-electron chi connectivity index (χ3n) is 15.2. The van der Waals surface area contributed by atoms with E-state index in [1.807, 2.05) is 6.92 Å². The van der Waals surface area contributed by atoms with Gasteiger partial charge in [-0.15, -0.1) is 0 Å². The van der Waals surface area contributed by atoms with Crippen LogP contribution in [0, 0.1) is 5.92 Å². The highest BCUT2D eigenvalue weighted by atomic mass is 79.9. The van der Waals surface area contributed by atoms with Gasteiger partial charge in [0, 0.05) is 43.7 Å². The van der Waals surface area contributed by atoms with Crippen molar-refractivity contribution in [1.82, 2.24) is 9.47 Å². The molecule has 1 aliphatic heterocycles. The van der Waals surface area contributed by atoms with E-state index in [1.165, 1.54) is 125 Å². The van der Waals surface area contributed by atoms with Crippen LogP contribution in [-0.4, -0.2) is 72.3 Å². The molecule has 2 heterocycles. The summed E-state index contributed by atoms with van der Waals surface area (Å²) in [7, 11) is 2.20. The third kappa shape index (κ3) is 26.0. The van der Waals surface area contributed by atoms with E-state index in [1.54, 1.807) is 0 Å². The summed E-state index contributed by atoms with van der Waals surface area (Å²) >= 11 is 3.86. The second-order valence-electron chi connectivity index (χ2n) is 21.9. The maximum absolute atomic E-state index is 13.2. The molecule has 10 nitrogen and oxygen atoms in total. The molecule has 0 spiro atoms. The smallest absolute Gasteiger partial charge is 0.307 e. The molecule has 75 heavy (non-hydrogen) atoms. The largest absolute Gasteiger partial charge is 0.462 e. The number of esters is 4. The summed E-state index contributed by atoms with van der Waals surface area (Å²) in [4.78, 5) is 54.2. The monoisotopic (exact) mass is 1100 g/mol. The quantitative estimate of drug-likeness (QED) is 0.0277. The van der Waals surface area contributed by atoms with E-state index in [-0.39, 0.29) is 50.2 Å². The van der Waals surface area contributed by atoms with Crippen LogP contribution in [0.3, 0.4) is 0 Å². The van der Waals surface area contributed by atoms with Crippen molar-refractivity contribution < 1.29 is 38.1 Å². The van der Waals surface area contributed by atoms with E-state index in [0.29, 0.717) is 31.7 Å². The SMILES string of the molecule is CCCCCCCC/C=C\CCCCCCCC(=O)OCC(COC(=O)CCCCCCC/C=C\CCCCCCCC)OC(=O)CC(C)CCCCC(=O)OCn1c(Br)c2c3c(cccc31)C1=CCCN(C)C1C2. The van der Waals surface area contributed by atoms with Crippen molar-refractivity contribution in [3.05, 3.63) is 64.3 Å². The number of rotatable bonds is 44. The number of carbonyl (C=O) groups is 4. The predicted octanol–water partition coefficient (Wildman–Crippen LogP) is 17.2. The van der Waals surface area contributed by atoms with Gasteiger partial charge in [0.1, 0.15) is 13.2 Å². The van der Waals surface area contributed by atoms with Gasteiger partial charge in [0.25, 0.3) is 0 Å². The molecular formula is C64H101BrN2O8. The van der Waals surface area contributed by atoms with Crippen LogP contribution in [0.5, 0.6) is 0 Å². The first-order valence-electron chi connectivity index (χ1n) is 30.3. The Balaban J connectivity index is 1.12. The zero-order chi connectivity index (χ0) is 53.7. The van der Waals surface area contributed by atoms with E-state index >= 15 is 0 Å². The Morgan fingerprint density at radius 3 is 1.64 bits per heavy atom. The van der Waals surface area contributed by atoms with E-state index < -0.39 is 12.1 Å². The van der Waals surface area contributed by atoms with Crippen LogP contribution in [0.1, 0.15) is 250 Å². The summed E-state index contributed by atoms with van der Waals surface area (Å²) in [5.74, 6) is -1.33. The fourth-order valence-electron chi connectivity index (χ4n) is 10.6. The molecule has 422 valence electrons. The first-order valence-corrected chi connectivity index (χ1v) is 31.1. The Morgan fingerprint density at radius 1 is 0.627 bits per heavy atom. The Bertz CT molecular complexity index is 1970. The van der Waals surface area contributed by atoms with Gasteiger partial charge in [-0.25, -0.2) is 0 Å². The predicted molar refractivity (Wildman–Crippen MR) is 311 cm³/mol. The van der Waals surface area contributed by atoms with Gasteiger partial charge in [-0.2, -0.15) is 0 Å². The van der Waals surface area contributed by atoms with Crippen LogP contribution in [0.15, 0.2) is 53.2 Å². The number of unbranched alkanes of at least 4 members (excludes halogenated alkanes) is 23. The van der Waals surface area contributed by atoms with Crippen LogP contribution >= 0.6 is 15.9 Å². The molecule has 0 amide bonds. The van der Waals surface area contributed by atoms with Gasteiger partial charge < -0.3 is 23.5 Å². The van der Waals surface area contributed by atoms with Crippen molar-refractivity contribution >= 4 is 56.3 Å². The van der Waals surface area contributed by atoms with E-state index in [2.05, 4.69) is 94.9 Å². The maximum Gasteiger partial charge on any atom is 0.307 e. The normalized spacial score (nSPS) is 15.0. The van der Waals surface area contributed by atoms with Crippen molar-refractivity contribution in [2.24, 2.45) is 5.92 Å². The van der Waals surface area contributed by atoms with E-state index in [0.717, 1.165) is 107 Å². The third-order valence-corrected chi connectivity index (χ3v) is 16.1. The number of benzene rings is 1. The Labute approximate surface area is 463 Å². The zero-order valence-corrected chi connectivity index (χ0v) is 49.1. The summed E-state index contributed by atoms with van der Waals surface area (Å²) in [5.41, 5.74) is 5.00. The number of likely N-dealkylation sites (N-methyl/N-ethyl adjacent to an activating group) is 1. The number of nitrogens with zero attached hydrogens (tertiary/aromatic N) is 2. The first kappa shape index (κ1) is 63.8. The molecule has 2 unspecified atom stereocenters. The van der Waals surface area contributed by atoms with E-state index in [4.69, 9.17) is 18.9 Å². The van der Waals surface area contributed by atoms with Gasteiger partial charge in [-0.3, -0.25) is 24.1 Å². The van der Waals surface area contributed by atoms with Gasteiger partial charge >= 0.3 is 23.9 Å². The molecule has 0 saturated heterocycles. The van der Waals surface area contributed by atoms with Crippen molar-refractivity contribution in [3.8, 4) is 0 Å². The molecule has 1 aromatic carbocycles. The van der Waals surface area contributed by atoms with Crippen molar-refractivity contribution in [3.63, 3.8) is 0 Å². The lowest BCUT2D eigenvalue weighted by atomic mass is 9.82. The number of aromatic nitrogens is 1. The van der Waals surface area contributed by atoms with E-state index in [9.17, 15) is 19.2 Å². The second-order valence-corrected chi connectivity index (χ2v) is 22.6. The summed E-state index contributed by atoms with van der Waals surface area (Å²) < 4.78 is 25.9. The molecule has 11 heteroatoms. The minimum Gasteiger partial charge on any atom is -0.462 e. The minimum atomic E-state index is -0.878. The van der Waals surface area contributed by atoms with Gasteiger partial charge in [0.05, 0.1) is 10.1 Å². The fourth-order valence-corrected chi connectivity index (χ4v) is 11.3. The Kier molecular flexibility index (Phi) is 33.7. The standard InChI is InChI=1S/C64H101BrN2O8/c1-5-7-9-11-13-15-17-19-21-23-25-27-29-31-33-43-59(68)72-49-53(50-73-60(69)44-34-32-30-28-26-24-22-20-18-16-14-12-10-8-6-2)75-62(71)47-52(3)39-35-36-45-61(70)74-51-67-57-42-37-40-55-54-41-38-46-66(4)58(54)48-56(63(55)57)64(67)65/h19-22,37,40-42,52-53,58H,5-18,23-36,38-39,43-51H2,1-4H3/b21-19-,22-20-. The molecule has 0 bridgehead atoms. The molecule has 4 rings (SSSR count). The van der Waals surface area contributed by atoms with Gasteiger partial charge in [-0.05, 0) is 135 Å². The molecule has 0 N–H and O–H groups in total. The molecule has 0 saturated carbocycles. The number of ether oxygens (including phenoxy) is 4. The average molecular weight is 1110 g/mol. The number of halogens is 1. The first-order chi connectivity index (χ1) is 36.6. The topological polar surface area (TPSA) is 113 Å². The maximum atomic E-state index is 13.2. The molecule has 1 aromatic heterocycles. The fraction of sp³-hybridized carbons (Fsp3) is 0.719. The number of carbonyl (C=O) groups excluding carboxylic acids is 4. The molecule has 0 radical (unpaired) electrons. The van der Waals surface area contributed by atoms with Gasteiger partial charge in [0.15, 0.2) is 12.8 Å². The Hall–Kier alpha value is -3.70. The number of hydrogen-bond acceptors (Lipinski definition) is 9. The number of allylic oxidation sites excluding steroid dienone is 4.